The van der Waals surface area contributed by atoms with Gasteiger partial charge in [0.2, 0.25) is 0 Å². The van der Waals surface area contributed by atoms with E-state index in [2.05, 4.69) is 0 Å². The first-order chi connectivity index (χ1) is 11.8. The SMILES string of the molecule is COCCOCCOCc1ccc2sc3ccccc3c(=O)c2c1. The van der Waals surface area contributed by atoms with Crippen molar-refractivity contribution >= 4 is 31.5 Å². The largest absolute Gasteiger partial charge is 0.382 e. The Hall–Kier alpha value is -1.79. The van der Waals surface area contributed by atoms with Crippen molar-refractivity contribution in [3.05, 3.63) is 58.3 Å². The average Bonchev–Trinajstić information content (AvgIpc) is 2.61. The van der Waals surface area contributed by atoms with Gasteiger partial charge in [-0.15, -0.1) is 11.3 Å². The molecule has 3 rings (SSSR count). The molecule has 0 N–H and O–H groups in total. The van der Waals surface area contributed by atoms with Gasteiger partial charge in [0.1, 0.15) is 0 Å². The van der Waals surface area contributed by atoms with E-state index >= 15 is 0 Å². The summed E-state index contributed by atoms with van der Waals surface area (Å²) in [5, 5.41) is 1.54. The molecule has 0 fully saturated rings. The van der Waals surface area contributed by atoms with Crippen molar-refractivity contribution in [3.63, 3.8) is 0 Å². The van der Waals surface area contributed by atoms with Crippen molar-refractivity contribution in [1.82, 2.24) is 0 Å². The van der Waals surface area contributed by atoms with Gasteiger partial charge >= 0.3 is 0 Å². The number of hydrogen-bond acceptors (Lipinski definition) is 5. The molecule has 126 valence electrons. The fourth-order valence-electron chi connectivity index (χ4n) is 2.49. The minimum Gasteiger partial charge on any atom is -0.382 e. The second-order valence-electron chi connectivity index (χ2n) is 5.42. The van der Waals surface area contributed by atoms with Crippen molar-refractivity contribution in [2.45, 2.75) is 6.61 Å². The molecule has 0 bridgehead atoms. The van der Waals surface area contributed by atoms with Gasteiger partial charge in [0.05, 0.1) is 33.0 Å². The monoisotopic (exact) mass is 344 g/mol. The van der Waals surface area contributed by atoms with E-state index in [4.69, 9.17) is 14.2 Å². The summed E-state index contributed by atoms with van der Waals surface area (Å²) in [7, 11) is 1.65. The third-order valence-electron chi connectivity index (χ3n) is 3.71. The van der Waals surface area contributed by atoms with E-state index in [9.17, 15) is 4.79 Å². The Morgan fingerprint density at radius 3 is 2.50 bits per heavy atom. The zero-order chi connectivity index (χ0) is 16.8. The Bertz CT molecular complexity index is 872. The molecule has 0 spiro atoms. The molecule has 0 saturated carbocycles. The highest BCUT2D eigenvalue weighted by molar-refractivity contribution is 7.24. The third-order valence-corrected chi connectivity index (χ3v) is 4.86. The van der Waals surface area contributed by atoms with Crippen molar-refractivity contribution in [2.24, 2.45) is 0 Å². The maximum atomic E-state index is 12.7. The van der Waals surface area contributed by atoms with Gasteiger partial charge in [-0.2, -0.15) is 0 Å². The molecule has 24 heavy (non-hydrogen) atoms. The number of hydrogen-bond donors (Lipinski definition) is 0. The van der Waals surface area contributed by atoms with Gasteiger partial charge in [-0.25, -0.2) is 0 Å². The minimum atomic E-state index is 0.0871. The van der Waals surface area contributed by atoms with Crippen LogP contribution in [0.3, 0.4) is 0 Å². The first kappa shape index (κ1) is 17.0. The lowest BCUT2D eigenvalue weighted by Gasteiger charge is -2.07. The van der Waals surface area contributed by atoms with E-state index in [0.717, 1.165) is 25.7 Å². The maximum absolute atomic E-state index is 12.7. The normalized spacial score (nSPS) is 11.4. The van der Waals surface area contributed by atoms with E-state index in [-0.39, 0.29) is 5.43 Å². The average molecular weight is 344 g/mol. The van der Waals surface area contributed by atoms with Gasteiger partial charge in [0, 0.05) is 27.3 Å². The zero-order valence-corrected chi connectivity index (χ0v) is 14.4. The minimum absolute atomic E-state index is 0.0871. The standard InChI is InChI=1S/C19H20O4S/c1-21-8-9-22-10-11-23-13-14-6-7-18-16(12-14)19(20)15-4-2-3-5-17(15)24-18/h2-7,12H,8-11,13H2,1H3. The molecule has 0 unspecified atom stereocenters. The number of fused-ring (bicyclic) bond motifs is 2. The summed E-state index contributed by atoms with van der Waals surface area (Å²) in [6, 6.07) is 13.7. The van der Waals surface area contributed by atoms with Crippen LogP contribution in [0.1, 0.15) is 5.56 Å². The Kier molecular flexibility index (Phi) is 5.93. The molecule has 0 radical (unpaired) electrons. The lowest BCUT2D eigenvalue weighted by atomic mass is 10.1. The fraction of sp³-hybridized carbons (Fsp3) is 0.316. The summed E-state index contributed by atoms with van der Waals surface area (Å²) < 4.78 is 17.9. The van der Waals surface area contributed by atoms with Gasteiger partial charge in [-0.3, -0.25) is 4.79 Å². The second-order valence-corrected chi connectivity index (χ2v) is 6.50. The lowest BCUT2D eigenvalue weighted by Crippen LogP contribution is -2.08. The van der Waals surface area contributed by atoms with Gasteiger partial charge in [-0.1, -0.05) is 18.2 Å². The van der Waals surface area contributed by atoms with Crippen LogP contribution < -0.4 is 5.43 Å². The highest BCUT2D eigenvalue weighted by atomic mass is 32.1. The van der Waals surface area contributed by atoms with Crippen LogP contribution in [-0.4, -0.2) is 33.5 Å². The van der Waals surface area contributed by atoms with E-state index in [1.165, 1.54) is 0 Å². The molecule has 0 saturated heterocycles. The predicted octanol–water partition coefficient (Wildman–Crippen LogP) is 3.59. The van der Waals surface area contributed by atoms with Crippen molar-refractivity contribution < 1.29 is 14.2 Å². The number of rotatable bonds is 8. The highest BCUT2D eigenvalue weighted by Gasteiger charge is 2.06. The Morgan fingerprint density at radius 1 is 0.875 bits per heavy atom. The first-order valence-corrected chi connectivity index (χ1v) is 8.70. The summed E-state index contributed by atoms with van der Waals surface area (Å²) in [6.07, 6.45) is 0. The van der Waals surface area contributed by atoms with Crippen molar-refractivity contribution in [1.29, 1.82) is 0 Å². The van der Waals surface area contributed by atoms with Crippen LogP contribution in [0.2, 0.25) is 0 Å². The molecule has 0 atom stereocenters. The van der Waals surface area contributed by atoms with E-state index in [1.54, 1.807) is 18.4 Å². The second kappa shape index (κ2) is 8.35. The van der Waals surface area contributed by atoms with Crippen molar-refractivity contribution in [2.75, 3.05) is 33.5 Å². The van der Waals surface area contributed by atoms with Crippen LogP contribution in [0, 0.1) is 0 Å². The van der Waals surface area contributed by atoms with Crippen molar-refractivity contribution in [3.8, 4) is 0 Å². The molecule has 1 heterocycles. The zero-order valence-electron chi connectivity index (χ0n) is 13.6. The van der Waals surface area contributed by atoms with Gasteiger partial charge in [0.15, 0.2) is 5.43 Å². The van der Waals surface area contributed by atoms with Crippen LogP contribution in [-0.2, 0) is 20.8 Å². The quantitative estimate of drug-likeness (QED) is 0.463. The van der Waals surface area contributed by atoms with Crippen LogP contribution in [0.25, 0.3) is 20.2 Å². The third kappa shape index (κ3) is 3.99. The highest BCUT2D eigenvalue weighted by Crippen LogP contribution is 2.25. The van der Waals surface area contributed by atoms with Crippen LogP contribution in [0.4, 0.5) is 0 Å². The van der Waals surface area contributed by atoms with Crippen LogP contribution in [0.5, 0.6) is 0 Å². The molecule has 3 aromatic rings. The molecule has 2 aromatic carbocycles. The Balaban J connectivity index is 1.68. The summed E-state index contributed by atoms with van der Waals surface area (Å²) in [6.45, 7) is 2.69. The molecule has 5 heteroatoms. The van der Waals surface area contributed by atoms with Crippen LogP contribution >= 0.6 is 11.3 Å². The number of ether oxygens (including phenoxy) is 3. The molecule has 0 aliphatic rings. The summed E-state index contributed by atoms with van der Waals surface area (Å²) in [5.74, 6) is 0. The summed E-state index contributed by atoms with van der Waals surface area (Å²) in [5.41, 5.74) is 1.09. The Labute approximate surface area is 144 Å². The van der Waals surface area contributed by atoms with E-state index < -0.39 is 0 Å². The number of methoxy groups -OCH3 is 1. The van der Waals surface area contributed by atoms with Gasteiger partial charge in [0.25, 0.3) is 0 Å². The van der Waals surface area contributed by atoms with Gasteiger partial charge < -0.3 is 14.2 Å². The molecule has 0 aliphatic carbocycles. The molecule has 0 aliphatic heterocycles. The first-order valence-electron chi connectivity index (χ1n) is 7.88. The van der Waals surface area contributed by atoms with Gasteiger partial charge in [-0.05, 0) is 29.8 Å². The smallest absolute Gasteiger partial charge is 0.195 e. The predicted molar refractivity (Wildman–Crippen MR) is 98.0 cm³/mol. The fourth-order valence-corrected chi connectivity index (χ4v) is 3.54. The molecular formula is C19H20O4S. The molecular weight excluding hydrogens is 324 g/mol. The molecule has 4 nitrogen and oxygen atoms in total. The lowest BCUT2D eigenvalue weighted by molar-refractivity contribution is 0.0200. The topological polar surface area (TPSA) is 44.8 Å². The van der Waals surface area contributed by atoms with E-state index in [1.807, 2.05) is 42.5 Å². The summed E-state index contributed by atoms with van der Waals surface area (Å²) >= 11 is 1.64. The molecule has 0 amide bonds. The maximum Gasteiger partial charge on any atom is 0.195 e. The van der Waals surface area contributed by atoms with Crippen LogP contribution in [0.15, 0.2) is 47.3 Å². The Morgan fingerprint density at radius 2 is 1.62 bits per heavy atom. The van der Waals surface area contributed by atoms with E-state index in [0.29, 0.717) is 33.0 Å². The number of benzene rings is 2. The summed E-state index contributed by atoms with van der Waals surface area (Å²) in [4.78, 5) is 12.7. The molecule has 1 aromatic heterocycles.